The number of benzene rings is 1. The van der Waals surface area contributed by atoms with E-state index in [-0.39, 0.29) is 12.2 Å². The maximum atomic E-state index is 13.9. The summed E-state index contributed by atoms with van der Waals surface area (Å²) in [7, 11) is 1.67. The number of hydrogen-bond acceptors (Lipinski definition) is 6. The maximum Gasteiger partial charge on any atom is 0.225 e. The maximum absolute atomic E-state index is 13.9. The Morgan fingerprint density at radius 2 is 2.00 bits per heavy atom. The summed E-state index contributed by atoms with van der Waals surface area (Å²) in [5.41, 5.74) is 1.40. The molecule has 6 nitrogen and oxygen atoms in total. The molecule has 0 amide bonds. The zero-order valence-electron chi connectivity index (χ0n) is 18.0. The molecule has 31 heavy (non-hydrogen) atoms. The number of piperidine rings is 1. The number of carbonyl (C=O) groups excluding carboxylic acids is 1. The first-order valence-corrected chi connectivity index (χ1v) is 11.1. The minimum atomic E-state index is -0.377. The van der Waals surface area contributed by atoms with Crippen molar-refractivity contribution in [2.75, 3.05) is 31.7 Å². The van der Waals surface area contributed by atoms with Gasteiger partial charge in [0.1, 0.15) is 17.9 Å². The average Bonchev–Trinajstić information content (AvgIpc) is 3.56. The smallest absolute Gasteiger partial charge is 0.225 e. The number of carbonyl (C=O) groups is 1. The lowest BCUT2D eigenvalue weighted by molar-refractivity contribution is -0.107. The summed E-state index contributed by atoms with van der Waals surface area (Å²) in [6, 6.07) is 4.75. The molecule has 1 saturated carbocycles. The Bertz CT molecular complexity index is 869. The summed E-state index contributed by atoms with van der Waals surface area (Å²) in [4.78, 5) is 21.8. The second-order valence-corrected chi connectivity index (χ2v) is 8.57. The summed E-state index contributed by atoms with van der Waals surface area (Å²) in [6.07, 6.45) is 9.12. The summed E-state index contributed by atoms with van der Waals surface area (Å²) < 4.78 is 24.7. The van der Waals surface area contributed by atoms with Gasteiger partial charge in [-0.1, -0.05) is 6.07 Å². The van der Waals surface area contributed by atoms with Gasteiger partial charge in [-0.05, 0) is 55.1 Å². The van der Waals surface area contributed by atoms with Crippen LogP contribution in [0.2, 0.25) is 0 Å². The molecule has 2 aliphatic rings. The molecule has 0 N–H and O–H groups in total. The predicted octanol–water partition coefficient (Wildman–Crippen LogP) is 3.83. The fraction of sp³-hybridized carbons (Fsp3) is 0.542. The van der Waals surface area contributed by atoms with E-state index in [1.54, 1.807) is 19.2 Å². The van der Waals surface area contributed by atoms with Crippen LogP contribution >= 0.6 is 0 Å². The summed E-state index contributed by atoms with van der Waals surface area (Å²) >= 11 is 0. The van der Waals surface area contributed by atoms with Crippen LogP contribution in [-0.2, 0) is 22.6 Å². The lowest BCUT2D eigenvalue weighted by atomic mass is 9.90. The van der Waals surface area contributed by atoms with E-state index in [1.807, 2.05) is 12.4 Å². The third-order valence-electron chi connectivity index (χ3n) is 6.49. The van der Waals surface area contributed by atoms with E-state index in [1.165, 1.54) is 25.3 Å². The topological polar surface area (TPSA) is 64.6 Å². The fourth-order valence-corrected chi connectivity index (χ4v) is 4.66. The minimum absolute atomic E-state index is 0.0972. The molecule has 166 valence electrons. The van der Waals surface area contributed by atoms with Gasteiger partial charge in [0.05, 0.1) is 13.2 Å². The minimum Gasteiger partial charge on any atom is -0.493 e. The van der Waals surface area contributed by atoms with Gasteiger partial charge in [0.2, 0.25) is 5.95 Å². The Hall–Kier alpha value is -2.54. The number of aromatic nitrogens is 2. The first-order chi connectivity index (χ1) is 15.2. The predicted molar refractivity (Wildman–Crippen MR) is 116 cm³/mol. The van der Waals surface area contributed by atoms with Crippen LogP contribution in [0, 0.1) is 23.6 Å². The molecule has 0 bridgehead atoms. The molecular formula is C24H30FN3O3. The molecule has 2 aromatic rings. The van der Waals surface area contributed by atoms with Gasteiger partial charge in [0.15, 0.2) is 0 Å². The number of methoxy groups -OCH3 is 1. The van der Waals surface area contributed by atoms with Gasteiger partial charge in [-0.25, -0.2) is 14.4 Å². The largest absolute Gasteiger partial charge is 0.493 e. The zero-order valence-corrected chi connectivity index (χ0v) is 18.0. The summed E-state index contributed by atoms with van der Waals surface area (Å²) in [5, 5.41) is 0. The lowest BCUT2D eigenvalue weighted by Crippen LogP contribution is -2.35. The monoisotopic (exact) mass is 427 g/mol. The van der Waals surface area contributed by atoms with Crippen LogP contribution in [0.15, 0.2) is 30.6 Å². The molecule has 1 aliphatic heterocycles. The van der Waals surface area contributed by atoms with Crippen molar-refractivity contribution in [3.05, 3.63) is 47.5 Å². The van der Waals surface area contributed by atoms with Gasteiger partial charge in [-0.3, -0.25) is 0 Å². The van der Waals surface area contributed by atoms with Crippen LogP contribution in [0.5, 0.6) is 5.75 Å². The second-order valence-electron chi connectivity index (χ2n) is 8.57. The standard InChI is InChI=1S/C24H30FN3O3/c1-30-16-17-14-26-24(27-15-17)28-8-4-18(5-9-28)22-12-20(22)7-11-31-21-3-2-19(6-10-29)23(25)13-21/h2-3,10,13-15,18,20,22H,4-9,11-12,16H2,1H3. The molecule has 1 aromatic heterocycles. The van der Waals surface area contributed by atoms with Crippen LogP contribution in [0.25, 0.3) is 0 Å². The number of rotatable bonds is 10. The van der Waals surface area contributed by atoms with Gasteiger partial charge in [-0.2, -0.15) is 0 Å². The van der Waals surface area contributed by atoms with E-state index < -0.39 is 0 Å². The summed E-state index contributed by atoms with van der Waals surface area (Å²) in [5.74, 6) is 3.22. The van der Waals surface area contributed by atoms with E-state index in [0.717, 1.165) is 42.9 Å². The molecule has 2 fully saturated rings. The molecule has 7 heteroatoms. The normalized spacial score (nSPS) is 21.2. The van der Waals surface area contributed by atoms with Crippen LogP contribution in [-0.4, -0.2) is 43.1 Å². The Balaban J connectivity index is 1.17. The van der Waals surface area contributed by atoms with Gasteiger partial charge in [0.25, 0.3) is 0 Å². The highest BCUT2D eigenvalue weighted by Crippen LogP contribution is 2.49. The van der Waals surface area contributed by atoms with E-state index in [9.17, 15) is 9.18 Å². The zero-order chi connectivity index (χ0) is 21.6. The number of ether oxygens (including phenoxy) is 2. The average molecular weight is 428 g/mol. The first-order valence-electron chi connectivity index (χ1n) is 11.1. The fourth-order valence-electron chi connectivity index (χ4n) is 4.66. The highest BCUT2D eigenvalue weighted by atomic mass is 19.1. The van der Waals surface area contributed by atoms with Crippen molar-refractivity contribution >= 4 is 12.2 Å². The van der Waals surface area contributed by atoms with Crippen molar-refractivity contribution < 1.29 is 18.7 Å². The van der Waals surface area contributed by atoms with E-state index >= 15 is 0 Å². The number of anilines is 1. The van der Waals surface area contributed by atoms with E-state index in [2.05, 4.69) is 14.9 Å². The highest BCUT2D eigenvalue weighted by molar-refractivity contribution is 5.55. The molecule has 2 unspecified atom stereocenters. The van der Waals surface area contributed by atoms with Gasteiger partial charge in [0, 0.05) is 50.6 Å². The number of hydrogen-bond donors (Lipinski definition) is 0. The van der Waals surface area contributed by atoms with Gasteiger partial charge >= 0.3 is 0 Å². The molecule has 1 saturated heterocycles. The van der Waals surface area contributed by atoms with Gasteiger partial charge in [-0.15, -0.1) is 0 Å². The molecule has 0 spiro atoms. The quantitative estimate of drug-likeness (QED) is 0.537. The third kappa shape index (κ3) is 5.58. The van der Waals surface area contributed by atoms with Crippen molar-refractivity contribution in [2.45, 2.75) is 38.7 Å². The van der Waals surface area contributed by atoms with Crippen molar-refractivity contribution in [1.82, 2.24) is 9.97 Å². The van der Waals surface area contributed by atoms with Crippen LogP contribution in [0.1, 0.15) is 36.8 Å². The molecule has 2 atom stereocenters. The number of halogens is 1. The third-order valence-corrected chi connectivity index (χ3v) is 6.49. The van der Waals surface area contributed by atoms with Crippen molar-refractivity contribution in [2.24, 2.45) is 17.8 Å². The van der Waals surface area contributed by atoms with E-state index in [0.29, 0.717) is 36.7 Å². The van der Waals surface area contributed by atoms with E-state index in [4.69, 9.17) is 9.47 Å². The molecule has 2 heterocycles. The van der Waals surface area contributed by atoms with Crippen molar-refractivity contribution in [1.29, 1.82) is 0 Å². The Morgan fingerprint density at radius 3 is 2.68 bits per heavy atom. The lowest BCUT2D eigenvalue weighted by Gasteiger charge is -2.32. The number of nitrogens with zero attached hydrogens (tertiary/aromatic N) is 3. The van der Waals surface area contributed by atoms with Crippen LogP contribution < -0.4 is 9.64 Å². The Labute approximate surface area is 182 Å². The van der Waals surface area contributed by atoms with Crippen molar-refractivity contribution in [3.8, 4) is 5.75 Å². The molecule has 0 radical (unpaired) electrons. The molecule has 1 aromatic carbocycles. The SMILES string of the molecule is COCc1cnc(N2CCC(C3CC3CCOc3ccc(CC=O)c(F)c3)CC2)nc1. The molecular weight excluding hydrogens is 397 g/mol. The molecule has 1 aliphatic carbocycles. The Morgan fingerprint density at radius 1 is 1.23 bits per heavy atom. The Kier molecular flexibility index (Phi) is 7.12. The number of aldehydes is 1. The molecule has 4 rings (SSSR count). The summed E-state index contributed by atoms with van der Waals surface area (Å²) in [6.45, 7) is 3.14. The van der Waals surface area contributed by atoms with Gasteiger partial charge < -0.3 is 19.2 Å². The van der Waals surface area contributed by atoms with Crippen molar-refractivity contribution in [3.63, 3.8) is 0 Å². The highest BCUT2D eigenvalue weighted by Gasteiger charge is 2.43. The first kappa shape index (κ1) is 21.7. The van der Waals surface area contributed by atoms with Crippen LogP contribution in [0.4, 0.5) is 10.3 Å². The second kappa shape index (κ2) is 10.2. The van der Waals surface area contributed by atoms with Crippen LogP contribution in [0.3, 0.4) is 0 Å².